The van der Waals surface area contributed by atoms with E-state index >= 15 is 0 Å². The first-order chi connectivity index (χ1) is 10.3. The second-order valence-corrected chi connectivity index (χ2v) is 8.71. The van der Waals surface area contributed by atoms with Crippen molar-refractivity contribution in [3.63, 3.8) is 0 Å². The lowest BCUT2D eigenvalue weighted by molar-refractivity contribution is -0.0665. The first kappa shape index (κ1) is 15.9. The highest BCUT2D eigenvalue weighted by molar-refractivity contribution is 9.11. The number of morpholine rings is 1. The average Bonchev–Trinajstić information content (AvgIpc) is 2.81. The third-order valence-electron chi connectivity index (χ3n) is 3.53. The minimum absolute atomic E-state index is 0.0231. The molecule has 22 heavy (non-hydrogen) atoms. The Morgan fingerprint density at radius 2 is 1.95 bits per heavy atom. The lowest BCUT2D eigenvalue weighted by Gasteiger charge is -2.49. The first-order valence-electron chi connectivity index (χ1n) is 7.16. The number of ether oxygens (including phenoxy) is 2. The first-order valence-corrected chi connectivity index (χ1v) is 8.77. The van der Waals surface area contributed by atoms with Gasteiger partial charge in [-0.1, -0.05) is 11.3 Å². The highest BCUT2D eigenvalue weighted by Crippen LogP contribution is 2.30. The van der Waals surface area contributed by atoms with Gasteiger partial charge in [0.25, 0.3) is 0 Å². The van der Waals surface area contributed by atoms with Crippen LogP contribution in [0.5, 0.6) is 0 Å². The van der Waals surface area contributed by atoms with Crippen molar-refractivity contribution in [2.75, 3.05) is 31.2 Å². The Kier molecular flexibility index (Phi) is 4.30. The molecule has 9 heteroatoms. The zero-order chi connectivity index (χ0) is 15.9. The zero-order valence-corrected chi connectivity index (χ0v) is 15.2. The third-order valence-corrected chi connectivity index (χ3v) is 4.95. The van der Waals surface area contributed by atoms with E-state index in [1.54, 1.807) is 0 Å². The SMILES string of the molecule is CC(C)(C)OC(=O)N1C2COCC1CN(c1nnc(Br)s1)C2. The number of hydrogen-bond acceptors (Lipinski definition) is 7. The minimum Gasteiger partial charge on any atom is -0.444 e. The van der Waals surface area contributed by atoms with Crippen molar-refractivity contribution in [2.45, 2.75) is 38.5 Å². The minimum atomic E-state index is -0.493. The molecule has 2 aliphatic rings. The summed E-state index contributed by atoms with van der Waals surface area (Å²) in [5.41, 5.74) is -0.493. The molecule has 0 aliphatic carbocycles. The van der Waals surface area contributed by atoms with E-state index in [0.717, 1.165) is 9.05 Å². The summed E-state index contributed by atoms with van der Waals surface area (Å²) in [7, 11) is 0. The monoisotopic (exact) mass is 390 g/mol. The zero-order valence-electron chi connectivity index (χ0n) is 12.8. The van der Waals surface area contributed by atoms with Gasteiger partial charge in [-0.05, 0) is 36.7 Å². The van der Waals surface area contributed by atoms with Crippen LogP contribution in [0, 0.1) is 0 Å². The van der Waals surface area contributed by atoms with E-state index in [0.29, 0.717) is 26.3 Å². The standard InChI is InChI=1S/C13H19BrN4O3S/c1-13(2,3)21-12(19)18-8-4-17(5-9(18)7-20-6-8)11-16-15-10(14)22-11/h8-9H,4-7H2,1-3H3. The van der Waals surface area contributed by atoms with Gasteiger partial charge in [0.05, 0.1) is 25.3 Å². The molecule has 2 fully saturated rings. The number of aromatic nitrogens is 2. The highest BCUT2D eigenvalue weighted by Gasteiger charge is 2.43. The Bertz CT molecular complexity index is 548. The largest absolute Gasteiger partial charge is 0.444 e. The van der Waals surface area contributed by atoms with Crippen molar-refractivity contribution < 1.29 is 14.3 Å². The van der Waals surface area contributed by atoms with Crippen LogP contribution in [0.25, 0.3) is 0 Å². The number of amides is 1. The van der Waals surface area contributed by atoms with Crippen LogP contribution < -0.4 is 4.90 Å². The predicted octanol–water partition coefficient (Wildman–Crippen LogP) is 2.13. The molecular formula is C13H19BrN4O3S. The number of nitrogens with zero attached hydrogens (tertiary/aromatic N) is 4. The van der Waals surface area contributed by atoms with Gasteiger partial charge < -0.3 is 14.4 Å². The quantitative estimate of drug-likeness (QED) is 0.731. The molecule has 0 aromatic carbocycles. The maximum absolute atomic E-state index is 12.5. The van der Waals surface area contributed by atoms with Crippen molar-refractivity contribution in [2.24, 2.45) is 0 Å². The fraction of sp³-hybridized carbons (Fsp3) is 0.769. The lowest BCUT2D eigenvalue weighted by Crippen LogP contribution is -2.66. The van der Waals surface area contributed by atoms with Gasteiger partial charge in [0.15, 0.2) is 3.92 Å². The predicted molar refractivity (Wildman–Crippen MR) is 86.3 cm³/mol. The summed E-state index contributed by atoms with van der Waals surface area (Å²) in [6.07, 6.45) is -0.260. The van der Waals surface area contributed by atoms with E-state index < -0.39 is 5.60 Å². The van der Waals surface area contributed by atoms with Crippen LogP contribution >= 0.6 is 27.3 Å². The van der Waals surface area contributed by atoms with Gasteiger partial charge in [-0.2, -0.15) is 0 Å². The molecule has 2 unspecified atom stereocenters. The molecule has 2 bridgehead atoms. The van der Waals surface area contributed by atoms with Crippen LogP contribution in [0.1, 0.15) is 20.8 Å². The summed E-state index contributed by atoms with van der Waals surface area (Å²) in [6, 6.07) is -0.0462. The smallest absolute Gasteiger partial charge is 0.411 e. The van der Waals surface area contributed by atoms with Gasteiger partial charge in [-0.15, -0.1) is 10.2 Å². The fourth-order valence-electron chi connectivity index (χ4n) is 2.76. The van der Waals surface area contributed by atoms with Crippen molar-refractivity contribution in [1.29, 1.82) is 0 Å². The van der Waals surface area contributed by atoms with Crippen molar-refractivity contribution >= 4 is 38.5 Å². The number of carbonyl (C=O) groups excluding carboxylic acids is 1. The Morgan fingerprint density at radius 1 is 1.32 bits per heavy atom. The van der Waals surface area contributed by atoms with Crippen LogP contribution in [-0.2, 0) is 9.47 Å². The molecule has 1 aromatic rings. The van der Waals surface area contributed by atoms with E-state index in [9.17, 15) is 4.79 Å². The molecular weight excluding hydrogens is 372 g/mol. The summed E-state index contributed by atoms with van der Waals surface area (Å²) < 4.78 is 11.9. The molecule has 0 saturated carbocycles. The molecule has 7 nitrogen and oxygen atoms in total. The number of hydrogen-bond donors (Lipinski definition) is 0. The van der Waals surface area contributed by atoms with E-state index in [4.69, 9.17) is 9.47 Å². The molecule has 0 radical (unpaired) electrons. The number of anilines is 1. The van der Waals surface area contributed by atoms with E-state index in [1.165, 1.54) is 11.3 Å². The Hall–Kier alpha value is -0.930. The van der Waals surface area contributed by atoms with Gasteiger partial charge in [-0.25, -0.2) is 4.79 Å². The van der Waals surface area contributed by atoms with Crippen molar-refractivity contribution in [3.8, 4) is 0 Å². The molecule has 1 aromatic heterocycles. The van der Waals surface area contributed by atoms with Gasteiger partial charge in [-0.3, -0.25) is 4.90 Å². The van der Waals surface area contributed by atoms with Gasteiger partial charge in [0.1, 0.15) is 5.60 Å². The van der Waals surface area contributed by atoms with Crippen LogP contribution in [0.15, 0.2) is 3.92 Å². The number of halogens is 1. The molecule has 2 aliphatic heterocycles. The van der Waals surface area contributed by atoms with Crippen molar-refractivity contribution in [1.82, 2.24) is 15.1 Å². The Morgan fingerprint density at radius 3 is 2.45 bits per heavy atom. The van der Waals surface area contributed by atoms with E-state index in [2.05, 4.69) is 31.0 Å². The third kappa shape index (κ3) is 3.36. The maximum atomic E-state index is 12.5. The Labute approximate surface area is 141 Å². The van der Waals surface area contributed by atoms with Gasteiger partial charge >= 0.3 is 6.09 Å². The summed E-state index contributed by atoms with van der Waals surface area (Å²) in [6.45, 7) is 8.04. The summed E-state index contributed by atoms with van der Waals surface area (Å²) in [5.74, 6) is 0. The van der Waals surface area contributed by atoms with E-state index in [1.807, 2.05) is 25.7 Å². The number of piperazine rings is 1. The summed E-state index contributed by atoms with van der Waals surface area (Å²) in [4.78, 5) is 16.5. The van der Waals surface area contributed by atoms with Gasteiger partial charge in [0.2, 0.25) is 5.13 Å². The molecule has 3 heterocycles. The number of rotatable bonds is 1. The molecule has 1 amide bonds. The molecule has 3 rings (SSSR count). The number of fused-ring (bicyclic) bond motifs is 2. The van der Waals surface area contributed by atoms with Crippen molar-refractivity contribution in [3.05, 3.63) is 3.92 Å². The number of carbonyl (C=O) groups is 1. The molecule has 2 saturated heterocycles. The Balaban J connectivity index is 1.75. The summed E-state index contributed by atoms with van der Waals surface area (Å²) >= 11 is 4.83. The fourth-order valence-corrected chi connectivity index (χ4v) is 3.86. The molecule has 2 atom stereocenters. The molecule has 0 N–H and O–H groups in total. The van der Waals surface area contributed by atoms with Crippen LogP contribution in [0.2, 0.25) is 0 Å². The van der Waals surface area contributed by atoms with Crippen LogP contribution in [-0.4, -0.2) is 65.2 Å². The summed E-state index contributed by atoms with van der Waals surface area (Å²) in [5, 5.41) is 9.03. The maximum Gasteiger partial charge on any atom is 0.411 e. The van der Waals surface area contributed by atoms with Gasteiger partial charge in [0, 0.05) is 13.1 Å². The van der Waals surface area contributed by atoms with Crippen LogP contribution in [0.3, 0.4) is 0 Å². The van der Waals surface area contributed by atoms with Crippen LogP contribution in [0.4, 0.5) is 9.93 Å². The second kappa shape index (κ2) is 5.93. The van der Waals surface area contributed by atoms with E-state index in [-0.39, 0.29) is 18.2 Å². The molecule has 0 spiro atoms. The average molecular weight is 391 g/mol. The lowest BCUT2D eigenvalue weighted by atomic mass is 10.1. The molecule has 122 valence electrons. The normalized spacial score (nSPS) is 25.3. The second-order valence-electron chi connectivity index (χ2n) is 6.48. The topological polar surface area (TPSA) is 67.8 Å². The highest BCUT2D eigenvalue weighted by atomic mass is 79.9.